The first-order valence-corrected chi connectivity index (χ1v) is 9.24. The summed E-state index contributed by atoms with van der Waals surface area (Å²) in [5.74, 6) is -1.76. The maximum absolute atomic E-state index is 14.8. The monoisotopic (exact) mass is 406 g/mol. The van der Waals surface area contributed by atoms with Gasteiger partial charge in [0.25, 0.3) is 0 Å². The minimum atomic E-state index is -0.752. The zero-order chi connectivity index (χ0) is 20.5. The second kappa shape index (κ2) is 7.64. The zero-order valence-electron chi connectivity index (χ0n) is 15.7. The van der Waals surface area contributed by atoms with Crippen LogP contribution < -0.4 is 15.1 Å². The first-order chi connectivity index (χ1) is 13.9. The third-order valence-electron chi connectivity index (χ3n) is 5.06. The molecule has 2 aromatic rings. The average molecular weight is 406 g/mol. The smallest absolute Gasteiger partial charge is 0.414 e. The predicted octanol–water partition coefficient (Wildman–Crippen LogP) is 1.47. The summed E-state index contributed by atoms with van der Waals surface area (Å²) < 4.78 is 36.4. The van der Waals surface area contributed by atoms with Crippen LogP contribution in [0.2, 0.25) is 0 Å². The second-order valence-electron chi connectivity index (χ2n) is 7.08. The van der Waals surface area contributed by atoms with Gasteiger partial charge >= 0.3 is 6.09 Å². The molecule has 2 aliphatic heterocycles. The van der Waals surface area contributed by atoms with Crippen molar-refractivity contribution in [3.05, 3.63) is 36.2 Å². The molecule has 154 valence electrons. The summed E-state index contributed by atoms with van der Waals surface area (Å²) in [6, 6.07) is 2.24. The molecule has 3 heterocycles. The summed E-state index contributed by atoms with van der Waals surface area (Å²) in [7, 11) is 0. The van der Waals surface area contributed by atoms with Gasteiger partial charge in [0.15, 0.2) is 11.6 Å². The molecule has 29 heavy (non-hydrogen) atoms. The Balaban J connectivity index is 1.49. The minimum Gasteiger partial charge on any atom is -0.442 e. The van der Waals surface area contributed by atoms with Gasteiger partial charge < -0.3 is 15.0 Å². The number of ether oxygens (including phenoxy) is 1. The molecule has 9 nitrogen and oxygen atoms in total. The van der Waals surface area contributed by atoms with Crippen LogP contribution in [0.5, 0.6) is 0 Å². The number of carbonyl (C=O) groups is 2. The van der Waals surface area contributed by atoms with Crippen molar-refractivity contribution >= 4 is 23.4 Å². The number of halogens is 2. The summed E-state index contributed by atoms with van der Waals surface area (Å²) in [6.45, 7) is 2.46. The van der Waals surface area contributed by atoms with Crippen LogP contribution in [-0.4, -0.2) is 59.3 Å². The van der Waals surface area contributed by atoms with Crippen LogP contribution in [0.3, 0.4) is 0 Å². The molecule has 1 aromatic heterocycles. The van der Waals surface area contributed by atoms with Crippen molar-refractivity contribution in [2.45, 2.75) is 25.5 Å². The van der Waals surface area contributed by atoms with E-state index in [1.165, 1.54) is 6.92 Å². The van der Waals surface area contributed by atoms with Crippen molar-refractivity contribution in [2.75, 3.05) is 36.0 Å². The molecule has 1 N–H and O–H groups in total. The highest BCUT2D eigenvalue weighted by molar-refractivity contribution is 5.90. The van der Waals surface area contributed by atoms with Gasteiger partial charge in [0.1, 0.15) is 11.8 Å². The molecule has 2 saturated heterocycles. The van der Waals surface area contributed by atoms with Crippen LogP contribution >= 0.6 is 0 Å². The molecule has 0 spiro atoms. The number of nitrogens with one attached hydrogen (secondary N) is 1. The van der Waals surface area contributed by atoms with Gasteiger partial charge in [-0.3, -0.25) is 9.69 Å². The number of hydrogen-bond donors (Lipinski definition) is 1. The number of carbonyl (C=O) groups excluding carboxylic acids is 2. The van der Waals surface area contributed by atoms with Gasteiger partial charge in [0.05, 0.1) is 31.0 Å². The molecule has 0 aliphatic carbocycles. The number of nitrogens with zero attached hydrogens (tertiary/aromatic N) is 5. The summed E-state index contributed by atoms with van der Waals surface area (Å²) in [4.78, 5) is 25.9. The largest absolute Gasteiger partial charge is 0.442 e. The van der Waals surface area contributed by atoms with Gasteiger partial charge in [0, 0.05) is 38.3 Å². The lowest BCUT2D eigenvalue weighted by Crippen LogP contribution is -2.33. The molecule has 2 atom stereocenters. The number of aromatic nitrogens is 3. The molecular weight excluding hydrogens is 386 g/mol. The van der Waals surface area contributed by atoms with Crippen molar-refractivity contribution < 1.29 is 23.1 Å². The second-order valence-corrected chi connectivity index (χ2v) is 7.08. The minimum absolute atomic E-state index is 0.0147. The Hall–Kier alpha value is -3.24. The Kier molecular flexibility index (Phi) is 5.03. The van der Waals surface area contributed by atoms with Crippen LogP contribution in [0.25, 0.3) is 0 Å². The van der Waals surface area contributed by atoms with E-state index in [0.717, 1.165) is 17.0 Å². The lowest BCUT2D eigenvalue weighted by Gasteiger charge is -2.22. The number of rotatable bonds is 5. The van der Waals surface area contributed by atoms with Gasteiger partial charge in [-0.15, -0.1) is 5.10 Å². The first-order valence-electron chi connectivity index (χ1n) is 9.24. The SMILES string of the molecule is CC(=O)NCC1CN(c2cc(F)c(N3CCC(n4ccnn4)C3)c(F)c2)C(=O)O1. The topological polar surface area (TPSA) is 92.6 Å². The molecule has 2 aliphatic rings. The molecule has 2 amide bonds. The van der Waals surface area contributed by atoms with E-state index in [0.29, 0.717) is 19.5 Å². The van der Waals surface area contributed by atoms with Gasteiger partial charge in [-0.2, -0.15) is 0 Å². The lowest BCUT2D eigenvalue weighted by molar-refractivity contribution is -0.119. The highest BCUT2D eigenvalue weighted by atomic mass is 19.1. The number of benzene rings is 1. The molecule has 0 radical (unpaired) electrons. The molecule has 2 fully saturated rings. The zero-order valence-corrected chi connectivity index (χ0v) is 15.7. The fraction of sp³-hybridized carbons (Fsp3) is 0.444. The summed E-state index contributed by atoms with van der Waals surface area (Å²) in [6.07, 6.45) is 2.68. The summed E-state index contributed by atoms with van der Waals surface area (Å²) >= 11 is 0. The van der Waals surface area contributed by atoms with E-state index >= 15 is 0 Å². The van der Waals surface area contributed by atoms with Crippen molar-refractivity contribution in [2.24, 2.45) is 0 Å². The Morgan fingerprint density at radius 1 is 1.31 bits per heavy atom. The molecular formula is C18H20F2N6O3. The Labute approximate surface area is 165 Å². The molecule has 0 bridgehead atoms. The maximum atomic E-state index is 14.8. The van der Waals surface area contributed by atoms with Crippen molar-refractivity contribution in [3.63, 3.8) is 0 Å². The van der Waals surface area contributed by atoms with Crippen molar-refractivity contribution in [1.82, 2.24) is 20.3 Å². The van der Waals surface area contributed by atoms with E-state index < -0.39 is 23.8 Å². The number of hydrogen-bond acceptors (Lipinski definition) is 6. The Bertz CT molecular complexity index is 899. The number of cyclic esters (lactones) is 1. The fourth-order valence-electron chi connectivity index (χ4n) is 3.68. The molecule has 2 unspecified atom stereocenters. The van der Waals surface area contributed by atoms with E-state index in [1.807, 2.05) is 0 Å². The van der Waals surface area contributed by atoms with Crippen LogP contribution in [0.15, 0.2) is 24.5 Å². The molecule has 1 aromatic carbocycles. The van der Waals surface area contributed by atoms with E-state index in [4.69, 9.17) is 4.74 Å². The maximum Gasteiger partial charge on any atom is 0.414 e. The molecule has 4 rings (SSSR count). The van der Waals surface area contributed by atoms with Crippen LogP contribution in [0.1, 0.15) is 19.4 Å². The van der Waals surface area contributed by atoms with E-state index in [1.54, 1.807) is 22.0 Å². The predicted molar refractivity (Wildman–Crippen MR) is 98.5 cm³/mol. The Morgan fingerprint density at radius 2 is 2.07 bits per heavy atom. The van der Waals surface area contributed by atoms with Crippen LogP contribution in [0, 0.1) is 11.6 Å². The third-order valence-corrected chi connectivity index (χ3v) is 5.06. The van der Waals surface area contributed by atoms with E-state index in [2.05, 4.69) is 15.6 Å². The van der Waals surface area contributed by atoms with Crippen molar-refractivity contribution in [3.8, 4) is 0 Å². The fourth-order valence-corrected chi connectivity index (χ4v) is 3.68. The van der Waals surface area contributed by atoms with Gasteiger partial charge in [0.2, 0.25) is 5.91 Å². The van der Waals surface area contributed by atoms with Gasteiger partial charge in [-0.1, -0.05) is 5.21 Å². The quantitative estimate of drug-likeness (QED) is 0.809. The van der Waals surface area contributed by atoms with Crippen LogP contribution in [0.4, 0.5) is 25.0 Å². The average Bonchev–Trinajstić information content (AvgIpc) is 3.40. The standard InChI is InChI=1S/C18H20F2N6O3/c1-11(27)21-8-14-10-25(18(28)29-14)13-6-15(19)17(16(20)7-13)24-4-2-12(9-24)26-5-3-22-23-26/h3,5-7,12,14H,2,4,8-10H2,1H3,(H,21,27). The Morgan fingerprint density at radius 3 is 2.72 bits per heavy atom. The molecule has 11 heteroatoms. The van der Waals surface area contributed by atoms with Crippen LogP contribution in [-0.2, 0) is 9.53 Å². The third kappa shape index (κ3) is 3.84. The first kappa shape index (κ1) is 19.1. The molecule has 0 saturated carbocycles. The highest BCUT2D eigenvalue weighted by Crippen LogP contribution is 2.34. The van der Waals surface area contributed by atoms with E-state index in [-0.39, 0.29) is 36.4 Å². The van der Waals surface area contributed by atoms with Gasteiger partial charge in [-0.05, 0) is 6.42 Å². The lowest BCUT2D eigenvalue weighted by atomic mass is 10.2. The summed E-state index contributed by atoms with van der Waals surface area (Å²) in [5, 5.41) is 10.3. The number of amides is 2. The number of anilines is 2. The van der Waals surface area contributed by atoms with Gasteiger partial charge in [-0.25, -0.2) is 18.3 Å². The summed E-state index contributed by atoms with van der Waals surface area (Å²) in [5.41, 5.74) is -0.0511. The highest BCUT2D eigenvalue weighted by Gasteiger charge is 2.34. The normalized spacial score (nSPS) is 21.6. The van der Waals surface area contributed by atoms with Crippen molar-refractivity contribution in [1.29, 1.82) is 0 Å². The van der Waals surface area contributed by atoms with E-state index in [9.17, 15) is 18.4 Å².